The van der Waals surface area contributed by atoms with Gasteiger partial charge in [0.25, 0.3) is 0 Å². The van der Waals surface area contributed by atoms with Gasteiger partial charge in [0.15, 0.2) is 11.5 Å². The number of rotatable bonds is 6. The predicted molar refractivity (Wildman–Crippen MR) is 75.9 cm³/mol. The highest BCUT2D eigenvalue weighted by molar-refractivity contribution is 9.10. The van der Waals surface area contributed by atoms with Gasteiger partial charge in [-0.15, -0.1) is 0 Å². The molecule has 5 heteroatoms. The molecule has 0 unspecified atom stereocenters. The predicted octanol–water partition coefficient (Wildman–Crippen LogP) is 3.31. The highest BCUT2D eigenvalue weighted by Crippen LogP contribution is 2.25. The van der Waals surface area contributed by atoms with Gasteiger partial charge in [-0.2, -0.15) is 0 Å². The third kappa shape index (κ3) is 4.13. The summed E-state index contributed by atoms with van der Waals surface area (Å²) in [6, 6.07) is 9.37. The first-order valence-corrected chi connectivity index (χ1v) is 6.58. The minimum absolute atomic E-state index is 0.437. The molecule has 2 aromatic rings. The lowest BCUT2D eigenvalue weighted by Gasteiger charge is -2.11. The first kappa shape index (κ1) is 13.7. The molecule has 0 spiro atoms. The van der Waals surface area contributed by atoms with Gasteiger partial charge in [0.2, 0.25) is 0 Å². The van der Waals surface area contributed by atoms with Crippen molar-refractivity contribution in [1.82, 2.24) is 4.98 Å². The van der Waals surface area contributed by atoms with Crippen molar-refractivity contribution in [2.45, 2.75) is 0 Å². The van der Waals surface area contributed by atoms with E-state index < -0.39 is 0 Å². The van der Waals surface area contributed by atoms with E-state index in [9.17, 15) is 0 Å². The molecule has 0 atom stereocenters. The van der Waals surface area contributed by atoms with E-state index in [0.717, 1.165) is 4.47 Å². The molecule has 0 aliphatic heterocycles. The van der Waals surface area contributed by atoms with Crippen molar-refractivity contribution in [2.75, 3.05) is 20.3 Å². The van der Waals surface area contributed by atoms with Gasteiger partial charge in [-0.25, -0.2) is 0 Å². The molecule has 0 aliphatic rings. The van der Waals surface area contributed by atoms with Gasteiger partial charge in [-0.3, -0.25) is 4.98 Å². The van der Waals surface area contributed by atoms with E-state index in [2.05, 4.69) is 20.9 Å². The average molecular weight is 324 g/mol. The van der Waals surface area contributed by atoms with Crippen molar-refractivity contribution in [3.05, 3.63) is 47.2 Å². The van der Waals surface area contributed by atoms with E-state index in [0.29, 0.717) is 30.5 Å². The Morgan fingerprint density at radius 2 is 1.79 bits per heavy atom. The fraction of sp³-hybridized carbons (Fsp3) is 0.214. The van der Waals surface area contributed by atoms with Crippen LogP contribution in [0.3, 0.4) is 0 Å². The maximum atomic E-state index is 5.60. The van der Waals surface area contributed by atoms with Crippen LogP contribution in [-0.2, 0) is 0 Å². The van der Waals surface area contributed by atoms with Crippen LogP contribution in [0.25, 0.3) is 0 Å². The number of hydrogen-bond acceptors (Lipinski definition) is 4. The fourth-order valence-corrected chi connectivity index (χ4v) is 1.86. The molecule has 4 nitrogen and oxygen atoms in total. The van der Waals surface area contributed by atoms with Gasteiger partial charge in [0.05, 0.1) is 13.3 Å². The summed E-state index contributed by atoms with van der Waals surface area (Å²) < 4.78 is 17.2. The molecule has 1 aromatic heterocycles. The summed E-state index contributed by atoms with van der Waals surface area (Å²) in [6.07, 6.45) is 3.37. The summed E-state index contributed by atoms with van der Waals surface area (Å²) in [7, 11) is 1.62. The topological polar surface area (TPSA) is 40.6 Å². The molecule has 0 amide bonds. The van der Waals surface area contributed by atoms with Crippen molar-refractivity contribution < 1.29 is 14.2 Å². The number of halogens is 1. The summed E-state index contributed by atoms with van der Waals surface area (Å²) >= 11 is 3.34. The quantitative estimate of drug-likeness (QED) is 0.765. The Morgan fingerprint density at radius 3 is 2.53 bits per heavy atom. The van der Waals surface area contributed by atoms with Crippen LogP contribution in [0.2, 0.25) is 0 Å². The molecule has 19 heavy (non-hydrogen) atoms. The van der Waals surface area contributed by atoms with Crippen LogP contribution < -0.4 is 14.2 Å². The smallest absolute Gasteiger partial charge is 0.161 e. The molecular formula is C14H14BrNO3. The second-order valence-corrected chi connectivity index (χ2v) is 4.60. The monoisotopic (exact) mass is 323 g/mol. The van der Waals surface area contributed by atoms with Crippen LogP contribution in [0, 0.1) is 0 Å². The van der Waals surface area contributed by atoms with Crippen LogP contribution >= 0.6 is 15.9 Å². The first-order chi connectivity index (χ1) is 9.29. The van der Waals surface area contributed by atoms with Crippen molar-refractivity contribution in [1.29, 1.82) is 0 Å². The van der Waals surface area contributed by atoms with Crippen LogP contribution in [0.15, 0.2) is 47.2 Å². The number of methoxy groups -OCH3 is 1. The highest BCUT2D eigenvalue weighted by Gasteiger charge is 2.02. The van der Waals surface area contributed by atoms with Crippen molar-refractivity contribution in [2.24, 2.45) is 0 Å². The zero-order chi connectivity index (χ0) is 13.5. The largest absolute Gasteiger partial charge is 0.493 e. The first-order valence-electron chi connectivity index (χ1n) is 5.79. The third-order valence-electron chi connectivity index (χ3n) is 2.36. The lowest BCUT2D eigenvalue weighted by Crippen LogP contribution is -2.09. The van der Waals surface area contributed by atoms with E-state index in [-0.39, 0.29) is 0 Å². The molecule has 0 radical (unpaired) electrons. The van der Waals surface area contributed by atoms with Crippen LogP contribution in [0.4, 0.5) is 0 Å². The third-order valence-corrected chi connectivity index (χ3v) is 2.79. The van der Waals surface area contributed by atoms with Crippen LogP contribution in [0.5, 0.6) is 17.2 Å². The second-order valence-electron chi connectivity index (χ2n) is 3.69. The number of para-hydroxylation sites is 2. The number of hydrogen-bond donors (Lipinski definition) is 0. The summed E-state index contributed by atoms with van der Waals surface area (Å²) in [5.74, 6) is 2.13. The zero-order valence-electron chi connectivity index (χ0n) is 10.5. The Bertz CT molecular complexity index is 534. The summed E-state index contributed by atoms with van der Waals surface area (Å²) in [5, 5.41) is 0. The molecule has 0 bridgehead atoms. The van der Waals surface area contributed by atoms with E-state index in [4.69, 9.17) is 14.2 Å². The Hall–Kier alpha value is -1.75. The Balaban J connectivity index is 1.81. The minimum atomic E-state index is 0.437. The average Bonchev–Trinajstić information content (AvgIpc) is 2.44. The Labute approximate surface area is 120 Å². The van der Waals surface area contributed by atoms with Crippen molar-refractivity contribution >= 4 is 15.9 Å². The lowest BCUT2D eigenvalue weighted by atomic mass is 10.3. The van der Waals surface area contributed by atoms with E-state index in [1.807, 2.05) is 30.3 Å². The minimum Gasteiger partial charge on any atom is -0.493 e. The molecule has 0 aliphatic carbocycles. The van der Waals surface area contributed by atoms with Gasteiger partial charge in [-0.05, 0) is 34.1 Å². The van der Waals surface area contributed by atoms with Crippen molar-refractivity contribution in [3.63, 3.8) is 0 Å². The number of benzene rings is 1. The van der Waals surface area contributed by atoms with E-state index >= 15 is 0 Å². The molecule has 0 fully saturated rings. The molecular weight excluding hydrogens is 310 g/mol. The maximum absolute atomic E-state index is 5.60. The standard InChI is InChI=1S/C14H14BrNO3/c1-17-13-4-2-3-5-14(13)19-7-6-18-12-8-11(15)9-16-10-12/h2-5,8-10H,6-7H2,1H3. The fourth-order valence-electron chi connectivity index (χ4n) is 1.52. The van der Waals surface area contributed by atoms with Gasteiger partial charge < -0.3 is 14.2 Å². The van der Waals surface area contributed by atoms with Gasteiger partial charge in [0.1, 0.15) is 19.0 Å². The highest BCUT2D eigenvalue weighted by atomic mass is 79.9. The van der Waals surface area contributed by atoms with Gasteiger partial charge in [-0.1, -0.05) is 12.1 Å². The molecule has 0 N–H and O–H groups in total. The van der Waals surface area contributed by atoms with Crippen LogP contribution in [-0.4, -0.2) is 25.3 Å². The Morgan fingerprint density at radius 1 is 1.05 bits per heavy atom. The lowest BCUT2D eigenvalue weighted by molar-refractivity contribution is 0.211. The van der Waals surface area contributed by atoms with Crippen LogP contribution in [0.1, 0.15) is 0 Å². The summed E-state index contributed by atoms with van der Waals surface area (Å²) in [5.41, 5.74) is 0. The van der Waals surface area contributed by atoms with E-state index in [1.165, 1.54) is 0 Å². The number of aromatic nitrogens is 1. The molecule has 1 heterocycles. The number of pyridine rings is 1. The zero-order valence-corrected chi connectivity index (χ0v) is 12.1. The maximum Gasteiger partial charge on any atom is 0.161 e. The van der Waals surface area contributed by atoms with Gasteiger partial charge >= 0.3 is 0 Å². The van der Waals surface area contributed by atoms with Crippen molar-refractivity contribution in [3.8, 4) is 17.2 Å². The molecule has 100 valence electrons. The molecule has 1 aromatic carbocycles. The van der Waals surface area contributed by atoms with Gasteiger partial charge in [0, 0.05) is 10.7 Å². The summed E-state index contributed by atoms with van der Waals surface area (Å²) in [4.78, 5) is 4.02. The molecule has 2 rings (SSSR count). The normalized spacial score (nSPS) is 10.0. The molecule has 0 saturated carbocycles. The second kappa shape index (κ2) is 6.99. The SMILES string of the molecule is COc1ccccc1OCCOc1cncc(Br)c1. The summed E-state index contributed by atoms with van der Waals surface area (Å²) in [6.45, 7) is 0.878. The number of nitrogens with zero attached hydrogens (tertiary/aromatic N) is 1. The molecule has 0 saturated heterocycles. The Kier molecular flexibility index (Phi) is 5.03. The van der Waals surface area contributed by atoms with E-state index in [1.54, 1.807) is 19.5 Å². The number of ether oxygens (including phenoxy) is 3.